The molecule has 2 rings (SSSR count). The van der Waals surface area contributed by atoms with E-state index in [0.717, 1.165) is 51.3 Å². The summed E-state index contributed by atoms with van der Waals surface area (Å²) in [6.07, 6.45) is 9.40. The van der Waals surface area contributed by atoms with Crippen molar-refractivity contribution in [3.05, 3.63) is 12.7 Å². The second kappa shape index (κ2) is 11.7. The summed E-state index contributed by atoms with van der Waals surface area (Å²) in [6, 6.07) is 0.405. The van der Waals surface area contributed by atoms with E-state index in [4.69, 9.17) is 4.74 Å². The van der Waals surface area contributed by atoms with Crippen LogP contribution in [0.2, 0.25) is 0 Å². The van der Waals surface area contributed by atoms with Crippen LogP contribution in [0.5, 0.6) is 0 Å². The lowest BCUT2D eigenvalue weighted by atomic mass is 9.64. The van der Waals surface area contributed by atoms with Crippen molar-refractivity contribution in [1.82, 2.24) is 25.4 Å². The Morgan fingerprint density at radius 3 is 2.62 bits per heavy atom. The van der Waals surface area contributed by atoms with Gasteiger partial charge in [-0.05, 0) is 25.7 Å². The van der Waals surface area contributed by atoms with E-state index in [9.17, 15) is 0 Å². The molecular formula is C18H35IN6O. The summed E-state index contributed by atoms with van der Waals surface area (Å²) in [5, 5.41) is 14.6. The van der Waals surface area contributed by atoms with Crippen molar-refractivity contribution in [3.8, 4) is 0 Å². The van der Waals surface area contributed by atoms with E-state index in [1.807, 2.05) is 11.6 Å². The molecule has 7 nitrogen and oxygen atoms in total. The Balaban J connectivity index is 0.00000338. The molecule has 1 aromatic heterocycles. The first-order valence-electron chi connectivity index (χ1n) is 9.49. The van der Waals surface area contributed by atoms with Crippen molar-refractivity contribution in [2.45, 2.75) is 71.6 Å². The first-order chi connectivity index (χ1) is 12.1. The molecule has 1 saturated carbocycles. The Hall–Kier alpha value is -0.900. The van der Waals surface area contributed by atoms with Crippen LogP contribution < -0.4 is 10.6 Å². The topological polar surface area (TPSA) is 76.4 Å². The van der Waals surface area contributed by atoms with Gasteiger partial charge in [0.15, 0.2) is 5.96 Å². The van der Waals surface area contributed by atoms with Crippen molar-refractivity contribution in [2.24, 2.45) is 10.4 Å². The molecule has 0 aliphatic heterocycles. The zero-order chi connectivity index (χ0) is 18.1. The Labute approximate surface area is 174 Å². The Morgan fingerprint density at radius 2 is 2.00 bits per heavy atom. The van der Waals surface area contributed by atoms with Gasteiger partial charge in [-0.1, -0.05) is 27.2 Å². The monoisotopic (exact) mass is 478 g/mol. The first kappa shape index (κ1) is 23.1. The normalized spacial score (nSPS) is 21.6. The highest BCUT2D eigenvalue weighted by Crippen LogP contribution is 2.42. The van der Waals surface area contributed by atoms with Crippen LogP contribution in [0.3, 0.4) is 0 Å². The molecule has 2 N–H and O–H groups in total. The number of aromatic nitrogens is 3. The molecule has 150 valence electrons. The summed E-state index contributed by atoms with van der Waals surface area (Å²) in [6.45, 7) is 9.48. The molecule has 8 heteroatoms. The maximum Gasteiger partial charge on any atom is 0.191 e. The van der Waals surface area contributed by atoms with Crippen LogP contribution in [0.4, 0.5) is 0 Å². The molecule has 0 radical (unpaired) electrons. The third kappa shape index (κ3) is 6.68. The maximum absolute atomic E-state index is 6.01. The van der Waals surface area contributed by atoms with E-state index in [2.05, 4.69) is 46.6 Å². The summed E-state index contributed by atoms with van der Waals surface area (Å²) in [7, 11) is 1.83. The van der Waals surface area contributed by atoms with Crippen LogP contribution in [0.15, 0.2) is 17.6 Å². The average Bonchev–Trinajstić information content (AvgIpc) is 3.11. The number of ether oxygens (including phenoxy) is 1. The minimum Gasteiger partial charge on any atom is -0.378 e. The predicted octanol–water partition coefficient (Wildman–Crippen LogP) is 2.83. The standard InChI is InChI=1S/C18H34N6O.HI/c1-5-6-11-25-16-12-15(18(16,2)3)23-17(19-4)20-9-7-8-10-24-13-21-22-14-24;/h13-16H,5-12H2,1-4H3,(H2,19,20,23);1H. The third-order valence-corrected chi connectivity index (χ3v) is 5.13. The van der Waals surface area contributed by atoms with Gasteiger partial charge in [0, 0.05) is 38.2 Å². The Kier molecular flexibility index (Phi) is 10.4. The first-order valence-corrected chi connectivity index (χ1v) is 9.49. The van der Waals surface area contributed by atoms with Crippen LogP contribution in [0.1, 0.15) is 52.9 Å². The lowest BCUT2D eigenvalue weighted by Crippen LogP contribution is -2.63. The lowest BCUT2D eigenvalue weighted by Gasteiger charge is -2.52. The van der Waals surface area contributed by atoms with E-state index in [-0.39, 0.29) is 29.4 Å². The van der Waals surface area contributed by atoms with Crippen LogP contribution >= 0.6 is 24.0 Å². The molecule has 2 unspecified atom stereocenters. The number of nitrogens with zero attached hydrogens (tertiary/aromatic N) is 4. The molecule has 0 saturated heterocycles. The molecule has 26 heavy (non-hydrogen) atoms. The minimum atomic E-state index is 0. The van der Waals surface area contributed by atoms with Gasteiger partial charge in [-0.2, -0.15) is 0 Å². The molecule has 1 aliphatic rings. The Bertz CT molecular complexity index is 520. The number of guanidine groups is 1. The second-order valence-electron chi connectivity index (χ2n) is 7.37. The van der Waals surface area contributed by atoms with Gasteiger partial charge in [0.1, 0.15) is 12.7 Å². The number of hydrogen-bond acceptors (Lipinski definition) is 4. The SMILES string of the molecule is CCCCOC1CC(NC(=NC)NCCCCn2cnnc2)C1(C)C.I. The Morgan fingerprint density at radius 1 is 1.27 bits per heavy atom. The summed E-state index contributed by atoms with van der Waals surface area (Å²) in [5.41, 5.74) is 0.139. The molecule has 0 bridgehead atoms. The van der Waals surface area contributed by atoms with Crippen molar-refractivity contribution in [1.29, 1.82) is 0 Å². The molecule has 0 spiro atoms. The second-order valence-corrected chi connectivity index (χ2v) is 7.37. The molecule has 1 aromatic rings. The number of aryl methyl sites for hydroxylation is 1. The van der Waals surface area contributed by atoms with Crippen LogP contribution in [0.25, 0.3) is 0 Å². The van der Waals surface area contributed by atoms with E-state index in [0.29, 0.717) is 12.1 Å². The summed E-state index contributed by atoms with van der Waals surface area (Å²) in [5.74, 6) is 0.884. The predicted molar refractivity (Wildman–Crippen MR) is 116 cm³/mol. The van der Waals surface area contributed by atoms with Crippen molar-refractivity contribution in [3.63, 3.8) is 0 Å². The molecule has 0 aromatic carbocycles. The number of halogens is 1. The lowest BCUT2D eigenvalue weighted by molar-refractivity contribution is -0.113. The quantitative estimate of drug-likeness (QED) is 0.234. The fourth-order valence-corrected chi connectivity index (χ4v) is 3.11. The van der Waals surface area contributed by atoms with Gasteiger partial charge >= 0.3 is 0 Å². The van der Waals surface area contributed by atoms with Crippen LogP contribution in [-0.2, 0) is 11.3 Å². The van der Waals surface area contributed by atoms with Crippen LogP contribution in [-0.4, -0.2) is 53.1 Å². The number of nitrogens with one attached hydrogen (secondary N) is 2. The molecule has 0 amide bonds. The number of rotatable bonds is 10. The third-order valence-electron chi connectivity index (χ3n) is 5.13. The molecular weight excluding hydrogens is 443 g/mol. The molecule has 2 atom stereocenters. The fraction of sp³-hybridized carbons (Fsp3) is 0.833. The zero-order valence-electron chi connectivity index (χ0n) is 16.6. The minimum absolute atomic E-state index is 0. The summed E-state index contributed by atoms with van der Waals surface area (Å²) in [4.78, 5) is 4.35. The summed E-state index contributed by atoms with van der Waals surface area (Å²) < 4.78 is 8.02. The fourth-order valence-electron chi connectivity index (χ4n) is 3.11. The zero-order valence-corrected chi connectivity index (χ0v) is 18.9. The maximum atomic E-state index is 6.01. The van der Waals surface area contributed by atoms with Crippen molar-refractivity contribution >= 4 is 29.9 Å². The van der Waals surface area contributed by atoms with Gasteiger partial charge < -0.3 is 19.9 Å². The van der Waals surface area contributed by atoms with E-state index in [1.165, 1.54) is 6.42 Å². The number of unbranched alkanes of at least 4 members (excludes halogenated alkanes) is 2. The number of aliphatic imine (C=N–C) groups is 1. The van der Waals surface area contributed by atoms with Gasteiger partial charge in [0.05, 0.1) is 6.10 Å². The summed E-state index contributed by atoms with van der Waals surface area (Å²) >= 11 is 0. The van der Waals surface area contributed by atoms with Gasteiger partial charge in [-0.25, -0.2) is 0 Å². The molecule has 1 aliphatic carbocycles. The van der Waals surface area contributed by atoms with Gasteiger partial charge in [0.25, 0.3) is 0 Å². The van der Waals surface area contributed by atoms with E-state index >= 15 is 0 Å². The average molecular weight is 478 g/mol. The molecule has 1 fully saturated rings. The van der Waals surface area contributed by atoms with Crippen molar-refractivity contribution < 1.29 is 4.74 Å². The van der Waals surface area contributed by atoms with Gasteiger partial charge in [0.2, 0.25) is 0 Å². The highest BCUT2D eigenvalue weighted by molar-refractivity contribution is 14.0. The largest absolute Gasteiger partial charge is 0.378 e. The van der Waals surface area contributed by atoms with Crippen LogP contribution in [0, 0.1) is 5.41 Å². The molecule has 1 heterocycles. The van der Waals surface area contributed by atoms with Gasteiger partial charge in [-0.15, -0.1) is 34.2 Å². The number of hydrogen-bond donors (Lipinski definition) is 2. The highest BCUT2D eigenvalue weighted by atomic mass is 127. The highest BCUT2D eigenvalue weighted by Gasteiger charge is 2.49. The van der Waals surface area contributed by atoms with Crippen molar-refractivity contribution in [2.75, 3.05) is 20.2 Å². The van der Waals surface area contributed by atoms with E-state index < -0.39 is 0 Å². The smallest absolute Gasteiger partial charge is 0.191 e. The van der Waals surface area contributed by atoms with E-state index in [1.54, 1.807) is 12.7 Å². The van der Waals surface area contributed by atoms with Gasteiger partial charge in [-0.3, -0.25) is 4.99 Å².